The van der Waals surface area contributed by atoms with Crippen LogP contribution >= 0.6 is 0 Å². The van der Waals surface area contributed by atoms with E-state index in [1.54, 1.807) is 0 Å². The molecular weight excluding hydrogens is 264 g/mol. The number of hydrogen-bond acceptors (Lipinski definition) is 5. The summed E-state index contributed by atoms with van der Waals surface area (Å²) in [5.41, 5.74) is 0. The van der Waals surface area contributed by atoms with E-state index < -0.39 is 35.0 Å². The van der Waals surface area contributed by atoms with Crippen molar-refractivity contribution in [3.63, 3.8) is 0 Å². The van der Waals surface area contributed by atoms with E-state index in [2.05, 4.69) is 39.3 Å². The average Bonchev–Trinajstić information content (AvgIpc) is 1.74. The predicted molar refractivity (Wildman–Crippen MR) is 62.8 cm³/mol. The summed E-state index contributed by atoms with van der Waals surface area (Å²) in [6, 6.07) is 0. The maximum Gasteiger partial charge on any atom is 0.549 e. The molecule has 0 atom stereocenters. The first-order chi connectivity index (χ1) is 6.54. The molecule has 1 rings (SSSR count). The van der Waals surface area contributed by atoms with E-state index in [0.717, 1.165) is 0 Å². The van der Waals surface area contributed by atoms with Gasteiger partial charge in [-0.05, 0) is 39.3 Å². The van der Waals surface area contributed by atoms with Crippen molar-refractivity contribution in [2.75, 3.05) is 0 Å². The molecule has 0 aromatic rings. The Bertz CT molecular complexity index is 213. The zero-order chi connectivity index (χ0) is 12.3. The Labute approximate surface area is 95.8 Å². The van der Waals surface area contributed by atoms with Crippen LogP contribution in [0.15, 0.2) is 0 Å². The fourth-order valence-corrected chi connectivity index (χ4v) is 17.7. The molecule has 0 aromatic carbocycles. The molecule has 0 aliphatic carbocycles. The van der Waals surface area contributed by atoms with Crippen LogP contribution in [0.3, 0.4) is 0 Å². The maximum absolute atomic E-state index is 8.40. The lowest BCUT2D eigenvalue weighted by Gasteiger charge is -2.46. The van der Waals surface area contributed by atoms with Crippen LogP contribution in [0.5, 0.6) is 0 Å². The van der Waals surface area contributed by atoms with Crippen LogP contribution in [-0.4, -0.2) is 35.0 Å². The van der Waals surface area contributed by atoms with Crippen molar-refractivity contribution in [1.82, 2.24) is 0 Å². The lowest BCUT2D eigenvalue weighted by atomic mass is 11.9. The van der Waals surface area contributed by atoms with Crippen LogP contribution in [0.1, 0.15) is 0 Å². The van der Waals surface area contributed by atoms with Gasteiger partial charge in [-0.15, -0.1) is 0 Å². The molecule has 5 nitrogen and oxygen atoms in total. The van der Waals surface area contributed by atoms with Gasteiger partial charge in [0.15, 0.2) is 0 Å². The van der Waals surface area contributed by atoms with Gasteiger partial charge < -0.3 is 12.3 Å². The Balaban J connectivity index is 0.000000583. The average molecular weight is 283 g/mol. The van der Waals surface area contributed by atoms with E-state index in [4.69, 9.17) is 21.3 Å². The van der Waals surface area contributed by atoms with E-state index in [1.807, 2.05) is 0 Å². The largest absolute Gasteiger partial charge is 0.549 e. The molecule has 1 heterocycles. The Kier molecular flexibility index (Phi) is 5.24. The van der Waals surface area contributed by atoms with Crippen molar-refractivity contribution < 1.29 is 21.3 Å². The summed E-state index contributed by atoms with van der Waals surface area (Å²) in [6.45, 7) is 12.6. The second-order valence-corrected chi connectivity index (χ2v) is 15.6. The van der Waals surface area contributed by atoms with E-state index in [9.17, 15) is 0 Å². The highest BCUT2D eigenvalue weighted by atomic mass is 28.5. The van der Waals surface area contributed by atoms with Gasteiger partial charge >= 0.3 is 35.0 Å². The molecule has 1 aliphatic heterocycles. The summed E-state index contributed by atoms with van der Waals surface area (Å²) in [5, 5.41) is 0. The fourth-order valence-electron chi connectivity index (χ4n) is 1.84. The third-order valence-corrected chi connectivity index (χ3v) is 13.3. The molecule has 15 heavy (non-hydrogen) atoms. The molecule has 0 aromatic heterocycles. The third-order valence-electron chi connectivity index (χ3n) is 1.47. The molecule has 0 N–H and O–H groups in total. The summed E-state index contributed by atoms with van der Waals surface area (Å²) >= 11 is 0. The van der Waals surface area contributed by atoms with E-state index in [0.29, 0.717) is 0 Å². The van der Waals surface area contributed by atoms with Crippen molar-refractivity contribution in [2.24, 2.45) is 0 Å². The van der Waals surface area contributed by atoms with Gasteiger partial charge in [-0.2, -0.15) is 0 Å². The Morgan fingerprint density at radius 3 is 0.933 bits per heavy atom. The monoisotopic (exact) mass is 282 g/mol. The fraction of sp³-hybridized carbons (Fsp3) is 1.00. The zero-order valence-electron chi connectivity index (χ0n) is 10.0. The van der Waals surface area contributed by atoms with Gasteiger partial charge in [-0.3, -0.25) is 8.92 Å². The molecule has 1 saturated heterocycles. The van der Waals surface area contributed by atoms with Gasteiger partial charge in [0.2, 0.25) is 0 Å². The smallest absolute Gasteiger partial charge is 0.416 e. The minimum absolute atomic E-state index is 1.42. The van der Waals surface area contributed by atoms with Crippen molar-refractivity contribution in [3.05, 3.63) is 0 Å². The molecular formula is C6H18O5Si4. The van der Waals surface area contributed by atoms with Gasteiger partial charge in [-0.1, -0.05) is 0 Å². The Hall–Kier alpha value is 0.348. The number of hydrogen-bond donors (Lipinski definition) is 0. The first-order valence-corrected chi connectivity index (χ1v) is 13.9. The van der Waals surface area contributed by atoms with Crippen LogP contribution in [0, 0.1) is 0 Å². The van der Waals surface area contributed by atoms with Crippen LogP contribution in [0.4, 0.5) is 0 Å². The second-order valence-electron chi connectivity index (χ2n) is 4.59. The van der Waals surface area contributed by atoms with Crippen molar-refractivity contribution in [1.29, 1.82) is 0 Å². The van der Waals surface area contributed by atoms with E-state index >= 15 is 0 Å². The molecule has 0 bridgehead atoms. The third kappa shape index (κ3) is 6.50. The zero-order valence-corrected chi connectivity index (χ0v) is 14.0. The molecule has 0 saturated carbocycles. The molecule has 88 valence electrons. The van der Waals surface area contributed by atoms with E-state index in [-0.39, 0.29) is 0 Å². The summed E-state index contributed by atoms with van der Waals surface area (Å²) < 4.78 is 34.4. The van der Waals surface area contributed by atoms with Crippen LogP contribution in [0.25, 0.3) is 0 Å². The topological polar surface area (TPSA) is 61.8 Å². The summed E-state index contributed by atoms with van der Waals surface area (Å²) in [6.07, 6.45) is 0. The van der Waals surface area contributed by atoms with Crippen LogP contribution in [0.2, 0.25) is 39.3 Å². The lowest BCUT2D eigenvalue weighted by Crippen LogP contribution is -2.64. The molecule has 0 spiro atoms. The highest BCUT2D eigenvalue weighted by Crippen LogP contribution is 2.29. The second kappa shape index (κ2) is 5.12. The van der Waals surface area contributed by atoms with Crippen molar-refractivity contribution >= 4 is 35.0 Å². The van der Waals surface area contributed by atoms with Gasteiger partial charge in [0.1, 0.15) is 0 Å². The van der Waals surface area contributed by atoms with Gasteiger partial charge in [0, 0.05) is 0 Å². The Morgan fingerprint density at radius 1 is 0.667 bits per heavy atom. The maximum atomic E-state index is 8.40. The predicted octanol–water partition coefficient (Wildman–Crippen LogP) is 1.54. The SMILES string of the molecule is C[Si]1(C)O[Si](C)(C)O[Si](C)(C)O1.O=[Si]=O. The summed E-state index contributed by atoms with van der Waals surface area (Å²) in [4.78, 5) is 0. The molecule has 1 fully saturated rings. The van der Waals surface area contributed by atoms with Gasteiger partial charge in [0.25, 0.3) is 0 Å². The molecule has 9 heteroatoms. The van der Waals surface area contributed by atoms with Crippen molar-refractivity contribution in [2.45, 2.75) is 39.3 Å². The molecule has 0 radical (unpaired) electrons. The number of rotatable bonds is 0. The van der Waals surface area contributed by atoms with Crippen molar-refractivity contribution in [3.8, 4) is 0 Å². The standard InChI is InChI=1S/C6H18O3Si3.O2Si/c1-10(2)7-11(3,4)9-12(5,6)8-10;1-3-2/h1-6H3;. The molecule has 0 unspecified atom stereocenters. The quantitative estimate of drug-likeness (QED) is 0.631. The molecule has 0 amide bonds. The minimum atomic E-state index is -1.86. The van der Waals surface area contributed by atoms with Crippen LogP contribution in [-0.2, 0) is 21.3 Å². The Morgan fingerprint density at radius 2 is 0.800 bits per heavy atom. The highest BCUT2D eigenvalue weighted by Gasteiger charge is 2.49. The first kappa shape index (κ1) is 15.3. The molecule has 1 aliphatic rings. The lowest BCUT2D eigenvalue weighted by molar-refractivity contribution is 0.238. The van der Waals surface area contributed by atoms with Gasteiger partial charge in [-0.25, -0.2) is 0 Å². The summed E-state index contributed by atoms with van der Waals surface area (Å²) in [5.74, 6) is 0. The summed E-state index contributed by atoms with van der Waals surface area (Å²) in [7, 11) is -7.01. The highest BCUT2D eigenvalue weighted by molar-refractivity contribution is 6.92. The minimum Gasteiger partial charge on any atom is -0.416 e. The van der Waals surface area contributed by atoms with Crippen LogP contribution < -0.4 is 0 Å². The van der Waals surface area contributed by atoms with Gasteiger partial charge in [0.05, 0.1) is 0 Å². The normalized spacial score (nSPS) is 25.7. The first-order valence-electron chi connectivity index (χ1n) is 4.63. The van der Waals surface area contributed by atoms with E-state index in [1.165, 1.54) is 0 Å².